The molecule has 0 aliphatic rings. The molecule has 0 fully saturated rings. The lowest BCUT2D eigenvalue weighted by Crippen LogP contribution is -2.21. The van der Waals surface area contributed by atoms with Gasteiger partial charge in [-0.2, -0.15) is 0 Å². The lowest BCUT2D eigenvalue weighted by atomic mass is 10.0. The van der Waals surface area contributed by atoms with E-state index in [4.69, 9.17) is 4.74 Å². The highest BCUT2D eigenvalue weighted by Gasteiger charge is 2.11. The van der Waals surface area contributed by atoms with Crippen LogP contribution in [0, 0.1) is 13.8 Å². The maximum absolute atomic E-state index is 12.7. The average molecular weight is 310 g/mol. The van der Waals surface area contributed by atoms with Crippen LogP contribution in [-0.4, -0.2) is 21.8 Å². The zero-order valence-electron chi connectivity index (χ0n) is 13.3. The summed E-state index contributed by atoms with van der Waals surface area (Å²) in [7, 11) is 1.46. The fraction of sp³-hybridized carbons (Fsp3) is 0.222. The minimum Gasteiger partial charge on any atom is -0.504 e. The number of phenols is 1. The number of aromatic hydroxyl groups is 1. The maximum Gasteiger partial charge on any atom is 0.261 e. The first-order valence-electron chi connectivity index (χ1n) is 7.32. The standard InChI is InChI=1S/C18H18N2O3/c1-11-5-4-6-13(12(11)2)9-20-10-19-15-8-17(23-3)16(21)7-14(15)18(20)22/h4-8,10,21H,9H2,1-3H3. The fourth-order valence-corrected chi connectivity index (χ4v) is 2.62. The van der Waals surface area contributed by atoms with Crippen LogP contribution >= 0.6 is 0 Å². The molecule has 5 nitrogen and oxygen atoms in total. The SMILES string of the molecule is COc1cc2ncn(Cc3cccc(C)c3C)c(=O)c2cc1O. The van der Waals surface area contributed by atoms with Gasteiger partial charge < -0.3 is 9.84 Å². The molecule has 5 heteroatoms. The van der Waals surface area contributed by atoms with E-state index in [0.29, 0.717) is 23.2 Å². The molecule has 0 aliphatic heterocycles. The van der Waals surface area contributed by atoms with Gasteiger partial charge in [0.25, 0.3) is 5.56 Å². The minimum absolute atomic E-state index is 0.0663. The number of hydrogen-bond acceptors (Lipinski definition) is 4. The molecule has 0 aliphatic carbocycles. The Morgan fingerprint density at radius 2 is 2.04 bits per heavy atom. The van der Waals surface area contributed by atoms with E-state index in [1.165, 1.54) is 25.1 Å². The Hall–Kier alpha value is -2.82. The lowest BCUT2D eigenvalue weighted by molar-refractivity contribution is 0.374. The molecular weight excluding hydrogens is 292 g/mol. The highest BCUT2D eigenvalue weighted by molar-refractivity contribution is 5.81. The molecule has 0 spiro atoms. The van der Waals surface area contributed by atoms with Crippen molar-refractivity contribution < 1.29 is 9.84 Å². The second-order valence-electron chi connectivity index (χ2n) is 5.58. The third kappa shape index (κ3) is 2.65. The van der Waals surface area contributed by atoms with E-state index < -0.39 is 0 Å². The van der Waals surface area contributed by atoms with Crippen molar-refractivity contribution in [2.45, 2.75) is 20.4 Å². The summed E-state index contributed by atoms with van der Waals surface area (Å²) in [4.78, 5) is 17.0. The number of phenolic OH excluding ortho intramolecular Hbond substituents is 1. The van der Waals surface area contributed by atoms with E-state index in [1.807, 2.05) is 32.0 Å². The zero-order valence-corrected chi connectivity index (χ0v) is 13.3. The second-order valence-corrected chi connectivity index (χ2v) is 5.58. The van der Waals surface area contributed by atoms with Crippen molar-refractivity contribution in [2.75, 3.05) is 7.11 Å². The Morgan fingerprint density at radius 1 is 1.26 bits per heavy atom. The number of rotatable bonds is 3. The van der Waals surface area contributed by atoms with E-state index in [1.54, 1.807) is 10.6 Å². The van der Waals surface area contributed by atoms with Gasteiger partial charge in [-0.25, -0.2) is 4.98 Å². The highest BCUT2D eigenvalue weighted by Crippen LogP contribution is 2.28. The molecule has 23 heavy (non-hydrogen) atoms. The molecule has 0 amide bonds. The first kappa shape index (κ1) is 15.1. The van der Waals surface area contributed by atoms with Crippen LogP contribution in [0.5, 0.6) is 11.5 Å². The first-order valence-corrected chi connectivity index (χ1v) is 7.32. The van der Waals surface area contributed by atoms with Crippen LogP contribution in [0.1, 0.15) is 16.7 Å². The molecule has 0 radical (unpaired) electrons. The average Bonchev–Trinajstić information content (AvgIpc) is 2.54. The van der Waals surface area contributed by atoms with Crippen LogP contribution in [0.15, 0.2) is 41.5 Å². The van der Waals surface area contributed by atoms with Gasteiger partial charge in [0.1, 0.15) is 0 Å². The molecule has 2 aromatic carbocycles. The van der Waals surface area contributed by atoms with E-state index in [2.05, 4.69) is 4.98 Å². The number of aromatic nitrogens is 2. The predicted molar refractivity (Wildman–Crippen MR) is 89.2 cm³/mol. The largest absolute Gasteiger partial charge is 0.504 e. The molecule has 1 heterocycles. The Morgan fingerprint density at radius 3 is 2.78 bits per heavy atom. The van der Waals surface area contributed by atoms with E-state index >= 15 is 0 Å². The number of aryl methyl sites for hydroxylation is 1. The fourth-order valence-electron chi connectivity index (χ4n) is 2.62. The van der Waals surface area contributed by atoms with E-state index in [-0.39, 0.29) is 11.3 Å². The minimum atomic E-state index is -0.186. The number of methoxy groups -OCH3 is 1. The number of fused-ring (bicyclic) bond motifs is 1. The van der Waals surface area contributed by atoms with Gasteiger partial charge in [-0.15, -0.1) is 0 Å². The molecule has 3 rings (SSSR count). The van der Waals surface area contributed by atoms with Crippen LogP contribution in [0.3, 0.4) is 0 Å². The zero-order chi connectivity index (χ0) is 16.6. The van der Waals surface area contributed by atoms with Gasteiger partial charge in [0.2, 0.25) is 0 Å². The third-order valence-corrected chi connectivity index (χ3v) is 4.18. The summed E-state index contributed by atoms with van der Waals surface area (Å²) in [5.74, 6) is 0.236. The Balaban J connectivity index is 2.11. The monoisotopic (exact) mass is 310 g/mol. The quantitative estimate of drug-likeness (QED) is 0.808. The van der Waals surface area contributed by atoms with Crippen molar-refractivity contribution in [2.24, 2.45) is 0 Å². The summed E-state index contributed by atoms with van der Waals surface area (Å²) in [6.45, 7) is 4.54. The molecule has 0 saturated carbocycles. The van der Waals surface area contributed by atoms with Gasteiger partial charge >= 0.3 is 0 Å². The number of nitrogens with zero attached hydrogens (tertiary/aromatic N) is 2. The van der Waals surface area contributed by atoms with E-state index in [9.17, 15) is 9.90 Å². The van der Waals surface area contributed by atoms with Crippen molar-refractivity contribution in [1.29, 1.82) is 0 Å². The van der Waals surface area contributed by atoms with Gasteiger partial charge in [0.15, 0.2) is 11.5 Å². The molecule has 118 valence electrons. The van der Waals surface area contributed by atoms with E-state index in [0.717, 1.165) is 11.1 Å². The van der Waals surface area contributed by atoms with Crippen LogP contribution in [0.25, 0.3) is 10.9 Å². The van der Waals surface area contributed by atoms with Crippen LogP contribution in [0.2, 0.25) is 0 Å². The molecule has 1 aromatic heterocycles. The summed E-state index contributed by atoms with van der Waals surface area (Å²) >= 11 is 0. The van der Waals surface area contributed by atoms with Gasteiger partial charge in [-0.1, -0.05) is 18.2 Å². The summed E-state index contributed by atoms with van der Waals surface area (Å²) in [5.41, 5.74) is 3.74. The first-order chi connectivity index (χ1) is 11.0. The highest BCUT2D eigenvalue weighted by atomic mass is 16.5. The van der Waals surface area contributed by atoms with Crippen molar-refractivity contribution in [3.8, 4) is 11.5 Å². The van der Waals surface area contributed by atoms with Crippen LogP contribution < -0.4 is 10.3 Å². The number of ether oxygens (including phenoxy) is 1. The Bertz CT molecular complexity index is 945. The molecule has 0 saturated heterocycles. The normalized spacial score (nSPS) is 10.9. The Labute approximate surface area is 133 Å². The topological polar surface area (TPSA) is 64.4 Å². The van der Waals surface area contributed by atoms with Gasteiger partial charge in [-0.05, 0) is 36.6 Å². The number of hydrogen-bond donors (Lipinski definition) is 1. The second kappa shape index (κ2) is 5.76. The molecule has 3 aromatic rings. The smallest absolute Gasteiger partial charge is 0.261 e. The third-order valence-electron chi connectivity index (χ3n) is 4.18. The molecule has 1 N–H and O–H groups in total. The van der Waals surface area contributed by atoms with Crippen molar-refractivity contribution >= 4 is 10.9 Å². The summed E-state index contributed by atoms with van der Waals surface area (Å²) in [6, 6.07) is 9.00. The molecule has 0 bridgehead atoms. The molecule has 0 atom stereocenters. The van der Waals surface area contributed by atoms with Crippen molar-refractivity contribution in [1.82, 2.24) is 9.55 Å². The molecule has 0 unspecified atom stereocenters. The van der Waals surface area contributed by atoms with Crippen LogP contribution in [-0.2, 0) is 6.54 Å². The summed E-state index contributed by atoms with van der Waals surface area (Å²) in [6.07, 6.45) is 1.53. The summed E-state index contributed by atoms with van der Waals surface area (Å²) in [5, 5.41) is 10.3. The van der Waals surface area contributed by atoms with Gasteiger partial charge in [0, 0.05) is 6.07 Å². The summed E-state index contributed by atoms with van der Waals surface area (Å²) < 4.78 is 6.60. The number of benzene rings is 2. The van der Waals surface area contributed by atoms with Crippen LogP contribution in [0.4, 0.5) is 0 Å². The lowest BCUT2D eigenvalue weighted by Gasteiger charge is -2.11. The van der Waals surface area contributed by atoms with Gasteiger partial charge in [-0.3, -0.25) is 9.36 Å². The molecular formula is C18H18N2O3. The predicted octanol–water partition coefficient (Wildman–Crippen LogP) is 2.78. The maximum atomic E-state index is 12.7. The van der Waals surface area contributed by atoms with Crippen molar-refractivity contribution in [3.05, 3.63) is 63.7 Å². The van der Waals surface area contributed by atoms with Gasteiger partial charge in [0.05, 0.1) is 30.9 Å². The van der Waals surface area contributed by atoms with Crippen molar-refractivity contribution in [3.63, 3.8) is 0 Å². The Kier molecular flexibility index (Phi) is 3.78.